The summed E-state index contributed by atoms with van der Waals surface area (Å²) in [7, 11) is 0. The highest BCUT2D eigenvalue weighted by molar-refractivity contribution is 5.97. The Morgan fingerprint density at radius 3 is 2.48 bits per heavy atom. The first kappa shape index (κ1) is 21.0. The number of nitrogens with two attached hydrogens (primary N) is 1. The van der Waals surface area contributed by atoms with Gasteiger partial charge in [0.25, 0.3) is 5.91 Å². The van der Waals surface area contributed by atoms with Crippen LogP contribution in [0.2, 0.25) is 0 Å². The van der Waals surface area contributed by atoms with E-state index in [1.165, 1.54) is 19.5 Å². The molecule has 0 spiro atoms. The van der Waals surface area contributed by atoms with Crippen molar-refractivity contribution >= 4 is 11.7 Å². The van der Waals surface area contributed by atoms with Crippen molar-refractivity contribution in [3.63, 3.8) is 0 Å². The van der Waals surface area contributed by atoms with Crippen molar-refractivity contribution in [1.29, 1.82) is 0 Å². The molecule has 0 bridgehead atoms. The zero-order chi connectivity index (χ0) is 21.8. The molecule has 6 heteroatoms. The summed E-state index contributed by atoms with van der Waals surface area (Å²) in [5.41, 5.74) is 10.2. The maximum atomic E-state index is 14.3. The number of carbonyl (C=O) groups is 1. The molecule has 0 radical (unpaired) electrons. The van der Waals surface area contributed by atoms with Crippen molar-refractivity contribution in [3.05, 3.63) is 71.7 Å². The Labute approximate surface area is 181 Å². The van der Waals surface area contributed by atoms with Gasteiger partial charge in [-0.05, 0) is 60.7 Å². The van der Waals surface area contributed by atoms with Gasteiger partial charge in [0.05, 0.1) is 0 Å². The van der Waals surface area contributed by atoms with Gasteiger partial charge in [0.1, 0.15) is 5.82 Å². The van der Waals surface area contributed by atoms with Crippen molar-refractivity contribution in [2.75, 3.05) is 25.4 Å². The predicted octanol–water partition coefficient (Wildman–Crippen LogP) is 4.04. The molecular weight excluding hydrogens is 391 g/mol. The third-order valence-corrected chi connectivity index (χ3v) is 5.74. The van der Waals surface area contributed by atoms with Gasteiger partial charge in [0.2, 0.25) is 5.95 Å². The molecule has 2 aromatic carbocycles. The Balaban J connectivity index is 0.000000334. The summed E-state index contributed by atoms with van der Waals surface area (Å²) in [6.45, 7) is 5.36. The molecule has 1 saturated heterocycles. The number of rotatable bonds is 2. The van der Waals surface area contributed by atoms with Gasteiger partial charge in [-0.1, -0.05) is 49.4 Å². The van der Waals surface area contributed by atoms with Gasteiger partial charge < -0.3 is 16.4 Å². The average Bonchev–Trinajstić information content (AvgIpc) is 3.26. The van der Waals surface area contributed by atoms with Gasteiger partial charge in [0.15, 0.2) is 0 Å². The van der Waals surface area contributed by atoms with Crippen LogP contribution in [0.5, 0.6) is 0 Å². The molecular formula is C25H27FN4O. The molecule has 1 amide bonds. The number of carbonyl (C=O) groups excluding carboxylic acids is 1. The Morgan fingerprint density at radius 2 is 1.81 bits per heavy atom. The predicted molar refractivity (Wildman–Crippen MR) is 122 cm³/mol. The second kappa shape index (κ2) is 9.27. The summed E-state index contributed by atoms with van der Waals surface area (Å²) in [4.78, 5) is 15.8. The van der Waals surface area contributed by atoms with E-state index < -0.39 is 5.95 Å². The minimum absolute atomic E-state index is 0.0667. The van der Waals surface area contributed by atoms with Gasteiger partial charge in [-0.3, -0.25) is 4.79 Å². The summed E-state index contributed by atoms with van der Waals surface area (Å²) < 4.78 is 14.3. The number of halogens is 1. The number of nitrogens with one attached hydrogen (secondary N) is 2. The number of hydrogen-bond donors (Lipinski definition) is 3. The molecule has 31 heavy (non-hydrogen) atoms. The van der Waals surface area contributed by atoms with Crippen LogP contribution in [0.1, 0.15) is 29.3 Å². The van der Waals surface area contributed by atoms with Crippen LogP contribution in [0.3, 0.4) is 0 Å². The molecule has 4 N–H and O–H groups in total. The zero-order valence-corrected chi connectivity index (χ0v) is 17.6. The lowest BCUT2D eigenvalue weighted by Crippen LogP contribution is -2.31. The number of pyridine rings is 1. The Bertz CT molecular complexity index is 1080. The first-order chi connectivity index (χ1) is 15.0. The molecule has 3 heterocycles. The molecule has 5 nitrogen and oxygen atoms in total. The molecule has 2 aliphatic heterocycles. The van der Waals surface area contributed by atoms with Crippen LogP contribution in [0.15, 0.2) is 54.6 Å². The monoisotopic (exact) mass is 418 g/mol. The molecule has 2 aliphatic rings. The topological polar surface area (TPSA) is 80.0 Å². The lowest BCUT2D eigenvalue weighted by molar-refractivity contribution is 0.0946. The normalized spacial score (nSPS) is 17.4. The van der Waals surface area contributed by atoms with Crippen LogP contribution < -0.4 is 16.4 Å². The van der Waals surface area contributed by atoms with E-state index in [0.29, 0.717) is 23.2 Å². The number of nitrogen functional groups attached to an aromatic ring is 1. The van der Waals surface area contributed by atoms with E-state index in [0.717, 1.165) is 29.0 Å². The number of aromatic nitrogens is 1. The maximum absolute atomic E-state index is 14.3. The number of nitrogens with zero attached hydrogens (tertiary/aromatic N) is 1. The van der Waals surface area contributed by atoms with Crippen LogP contribution >= 0.6 is 0 Å². The Kier molecular flexibility index (Phi) is 6.28. The van der Waals surface area contributed by atoms with Gasteiger partial charge in [0, 0.05) is 23.2 Å². The number of hydrogen-bond acceptors (Lipinski definition) is 4. The van der Waals surface area contributed by atoms with Crippen LogP contribution in [-0.2, 0) is 6.42 Å². The number of benzene rings is 2. The van der Waals surface area contributed by atoms with E-state index in [9.17, 15) is 9.18 Å². The lowest BCUT2D eigenvalue weighted by atomic mass is 9.94. The van der Waals surface area contributed by atoms with Crippen molar-refractivity contribution in [2.45, 2.75) is 19.8 Å². The quantitative estimate of drug-likeness (QED) is 0.549. The number of amides is 1. The third-order valence-electron chi connectivity index (χ3n) is 5.74. The first-order valence-corrected chi connectivity index (χ1v) is 10.7. The van der Waals surface area contributed by atoms with Crippen LogP contribution in [-0.4, -0.2) is 30.5 Å². The molecule has 1 fully saturated rings. The zero-order valence-electron chi connectivity index (χ0n) is 17.6. The van der Waals surface area contributed by atoms with E-state index in [2.05, 4.69) is 22.5 Å². The van der Waals surface area contributed by atoms with Crippen LogP contribution in [0, 0.1) is 11.9 Å². The summed E-state index contributed by atoms with van der Waals surface area (Å²) >= 11 is 0. The summed E-state index contributed by atoms with van der Waals surface area (Å²) in [5, 5.41) is 6.09. The van der Waals surface area contributed by atoms with Gasteiger partial charge in [-0.25, -0.2) is 4.98 Å². The van der Waals surface area contributed by atoms with E-state index in [4.69, 9.17) is 5.73 Å². The van der Waals surface area contributed by atoms with Crippen LogP contribution in [0.4, 0.5) is 10.2 Å². The summed E-state index contributed by atoms with van der Waals surface area (Å²) in [6.07, 6.45) is 2.13. The number of anilines is 1. The van der Waals surface area contributed by atoms with E-state index in [-0.39, 0.29) is 11.7 Å². The molecule has 160 valence electrons. The summed E-state index contributed by atoms with van der Waals surface area (Å²) in [6, 6.07) is 16.5. The van der Waals surface area contributed by atoms with Gasteiger partial charge in [-0.15, -0.1) is 0 Å². The van der Waals surface area contributed by atoms with Crippen molar-refractivity contribution in [3.8, 4) is 22.3 Å². The third kappa shape index (κ3) is 4.75. The fourth-order valence-corrected chi connectivity index (χ4v) is 3.95. The highest BCUT2D eigenvalue weighted by Gasteiger charge is 2.19. The average molecular weight is 419 g/mol. The minimum atomic E-state index is -0.593. The van der Waals surface area contributed by atoms with Crippen LogP contribution in [0.25, 0.3) is 22.3 Å². The van der Waals surface area contributed by atoms with Gasteiger partial charge in [-0.2, -0.15) is 4.39 Å². The van der Waals surface area contributed by atoms with Crippen molar-refractivity contribution < 1.29 is 9.18 Å². The number of fused-ring (bicyclic) bond motifs is 1. The second-order valence-corrected chi connectivity index (χ2v) is 8.10. The molecule has 1 aromatic heterocycles. The Hall–Kier alpha value is -3.25. The fourth-order valence-electron chi connectivity index (χ4n) is 3.95. The molecule has 1 unspecified atom stereocenters. The minimum Gasteiger partial charge on any atom is -0.383 e. The highest BCUT2D eigenvalue weighted by atomic mass is 19.1. The molecule has 1 atom stereocenters. The van der Waals surface area contributed by atoms with Crippen molar-refractivity contribution in [1.82, 2.24) is 15.6 Å². The first-order valence-electron chi connectivity index (χ1n) is 10.7. The van der Waals surface area contributed by atoms with E-state index in [1.54, 1.807) is 12.1 Å². The Morgan fingerprint density at radius 1 is 1.00 bits per heavy atom. The summed E-state index contributed by atoms with van der Waals surface area (Å²) in [5.74, 6) is 0.412. The molecule has 0 saturated carbocycles. The second-order valence-electron chi connectivity index (χ2n) is 8.10. The van der Waals surface area contributed by atoms with E-state index >= 15 is 0 Å². The molecule has 5 rings (SSSR count). The lowest BCUT2D eigenvalue weighted by Gasteiger charge is -2.18. The molecule has 3 aromatic rings. The molecule has 0 aliphatic carbocycles. The van der Waals surface area contributed by atoms with Gasteiger partial charge >= 0.3 is 0 Å². The largest absolute Gasteiger partial charge is 0.383 e. The SMILES string of the molecule is CC1CCNC1.Nc1nc(F)c(-c2ccccc2)cc1-c1ccc2c(c1)CCNC2=O. The smallest absolute Gasteiger partial charge is 0.251 e. The van der Waals surface area contributed by atoms with E-state index in [1.807, 2.05) is 42.5 Å². The standard InChI is InChI=1S/C20H16FN3O.C5H11N/c21-18-16(12-4-2-1-3-5-12)11-17(19(22)24-18)13-6-7-15-14(10-13)8-9-23-20(15)25;1-5-2-3-6-4-5/h1-7,10-11H,8-9H2,(H2,22,24)(H,23,25);5-6H,2-4H2,1H3. The highest BCUT2D eigenvalue weighted by Crippen LogP contribution is 2.33. The van der Waals surface area contributed by atoms with Crippen molar-refractivity contribution in [2.24, 2.45) is 5.92 Å². The fraction of sp³-hybridized carbons (Fsp3) is 0.280. The maximum Gasteiger partial charge on any atom is 0.251 e.